The highest BCUT2D eigenvalue weighted by Crippen LogP contribution is 2.39. The van der Waals surface area contributed by atoms with Crippen molar-refractivity contribution in [2.75, 3.05) is 45.9 Å². The fourth-order valence-corrected chi connectivity index (χ4v) is 4.70. The maximum Gasteiger partial charge on any atom is 0.401 e. The monoisotopic (exact) mass is 548 g/mol. The molecule has 0 radical (unpaired) electrons. The van der Waals surface area contributed by atoms with Gasteiger partial charge in [-0.1, -0.05) is 19.3 Å². The topological polar surface area (TPSA) is 59.9 Å². The van der Waals surface area contributed by atoms with Crippen molar-refractivity contribution in [1.82, 2.24) is 15.5 Å². The lowest BCUT2D eigenvalue weighted by molar-refractivity contribution is -0.148. The van der Waals surface area contributed by atoms with E-state index in [9.17, 15) is 18.3 Å². The maximum atomic E-state index is 12.5. The smallest absolute Gasteiger partial charge is 0.396 e. The summed E-state index contributed by atoms with van der Waals surface area (Å²) in [5.41, 5.74) is 0.126. The fourth-order valence-electron chi connectivity index (χ4n) is 4.70. The zero-order chi connectivity index (χ0) is 21.2. The predicted molar refractivity (Wildman–Crippen MR) is 126 cm³/mol. The van der Waals surface area contributed by atoms with Gasteiger partial charge in [-0.25, -0.2) is 0 Å². The molecule has 0 aromatic heterocycles. The van der Waals surface area contributed by atoms with Gasteiger partial charge in [-0.2, -0.15) is 13.2 Å². The summed E-state index contributed by atoms with van der Waals surface area (Å²) in [4.78, 5) is 6.33. The molecule has 5 nitrogen and oxygen atoms in total. The lowest BCUT2D eigenvalue weighted by Crippen LogP contribution is -2.42. The van der Waals surface area contributed by atoms with E-state index in [2.05, 4.69) is 10.6 Å². The van der Waals surface area contributed by atoms with E-state index in [1.807, 2.05) is 6.92 Å². The van der Waals surface area contributed by atoms with Gasteiger partial charge in [-0.05, 0) is 69.9 Å². The number of halogens is 4. The Bertz CT molecular complexity index is 486. The first-order valence-corrected chi connectivity index (χ1v) is 11.3. The van der Waals surface area contributed by atoms with E-state index >= 15 is 0 Å². The van der Waals surface area contributed by atoms with Crippen molar-refractivity contribution in [2.24, 2.45) is 16.3 Å². The highest BCUT2D eigenvalue weighted by Gasteiger charge is 2.33. The molecular formula is C21H40F3IN4O. The molecule has 1 heterocycles. The SMILES string of the molecule is CCNC(=NCC1(CCO)CCCCC1)NCCC1CCN(CC(F)(F)F)CC1.I. The third-order valence-electron chi connectivity index (χ3n) is 6.43. The van der Waals surface area contributed by atoms with Crippen molar-refractivity contribution >= 4 is 29.9 Å². The standard InChI is InChI=1S/C21H39F3N4O.HI/c1-2-25-19(27-16-20(11-15-29)9-4-3-5-10-20)26-12-6-18-7-13-28(14-8-18)17-21(22,23)24;/h18,29H,2-17H2,1H3,(H2,25,26,27);1H. The summed E-state index contributed by atoms with van der Waals surface area (Å²) >= 11 is 0. The molecule has 2 fully saturated rings. The van der Waals surface area contributed by atoms with Gasteiger partial charge in [0.15, 0.2) is 5.96 Å². The minimum Gasteiger partial charge on any atom is -0.396 e. The number of hydrogen-bond acceptors (Lipinski definition) is 3. The molecule has 30 heavy (non-hydrogen) atoms. The molecule has 1 saturated heterocycles. The van der Waals surface area contributed by atoms with Crippen LogP contribution in [0.4, 0.5) is 13.2 Å². The van der Waals surface area contributed by atoms with Gasteiger partial charge < -0.3 is 15.7 Å². The van der Waals surface area contributed by atoms with Crippen LogP contribution in [0.2, 0.25) is 0 Å². The van der Waals surface area contributed by atoms with Gasteiger partial charge in [-0.3, -0.25) is 9.89 Å². The normalized spacial score (nSPS) is 21.2. The van der Waals surface area contributed by atoms with Gasteiger partial charge in [0.2, 0.25) is 0 Å². The second kappa shape index (κ2) is 14.0. The van der Waals surface area contributed by atoms with E-state index < -0.39 is 12.7 Å². The first-order valence-electron chi connectivity index (χ1n) is 11.3. The first-order chi connectivity index (χ1) is 13.9. The predicted octanol–water partition coefficient (Wildman–Crippen LogP) is 4.16. The van der Waals surface area contributed by atoms with Crippen LogP contribution in [0.3, 0.4) is 0 Å². The molecule has 0 unspecified atom stereocenters. The zero-order valence-corrected chi connectivity index (χ0v) is 20.6. The molecule has 0 atom stereocenters. The molecule has 0 amide bonds. The van der Waals surface area contributed by atoms with Gasteiger partial charge in [0.05, 0.1) is 6.54 Å². The van der Waals surface area contributed by atoms with Gasteiger partial charge in [0.25, 0.3) is 0 Å². The van der Waals surface area contributed by atoms with Crippen molar-refractivity contribution in [3.05, 3.63) is 0 Å². The summed E-state index contributed by atoms with van der Waals surface area (Å²) in [6.07, 6.45) is 5.28. The van der Waals surface area contributed by atoms with E-state index in [1.165, 1.54) is 24.2 Å². The number of rotatable bonds is 9. The molecule has 0 aromatic carbocycles. The maximum absolute atomic E-state index is 12.5. The molecular weight excluding hydrogens is 508 g/mol. The summed E-state index contributed by atoms with van der Waals surface area (Å²) in [6.45, 7) is 4.83. The summed E-state index contributed by atoms with van der Waals surface area (Å²) in [6, 6.07) is 0. The van der Waals surface area contributed by atoms with Crippen LogP contribution in [-0.2, 0) is 0 Å². The van der Waals surface area contributed by atoms with E-state index in [1.54, 1.807) is 0 Å². The number of nitrogens with zero attached hydrogens (tertiary/aromatic N) is 2. The molecule has 178 valence electrons. The van der Waals surface area contributed by atoms with E-state index in [4.69, 9.17) is 4.99 Å². The minimum absolute atomic E-state index is 0. The quantitative estimate of drug-likeness (QED) is 0.230. The van der Waals surface area contributed by atoms with Gasteiger partial charge in [0.1, 0.15) is 0 Å². The number of likely N-dealkylation sites (tertiary alicyclic amines) is 1. The molecule has 0 bridgehead atoms. The van der Waals surface area contributed by atoms with E-state index in [-0.39, 0.29) is 36.0 Å². The fraction of sp³-hybridized carbons (Fsp3) is 0.952. The van der Waals surface area contributed by atoms with Crippen LogP contribution >= 0.6 is 24.0 Å². The highest BCUT2D eigenvalue weighted by atomic mass is 127. The Hall–Kier alpha value is -0.290. The highest BCUT2D eigenvalue weighted by molar-refractivity contribution is 14.0. The van der Waals surface area contributed by atoms with Crippen LogP contribution in [0.25, 0.3) is 0 Å². The van der Waals surface area contributed by atoms with Crippen LogP contribution in [0.1, 0.15) is 64.7 Å². The number of alkyl halides is 3. The van der Waals surface area contributed by atoms with Crippen molar-refractivity contribution in [3.8, 4) is 0 Å². The Kier molecular flexibility index (Phi) is 12.9. The summed E-state index contributed by atoms with van der Waals surface area (Å²) < 4.78 is 37.5. The molecule has 1 aliphatic heterocycles. The molecule has 2 aliphatic rings. The number of aliphatic hydroxyl groups is 1. The molecule has 9 heteroatoms. The van der Waals surface area contributed by atoms with Gasteiger partial charge >= 0.3 is 6.18 Å². The van der Waals surface area contributed by atoms with Crippen LogP contribution in [-0.4, -0.2) is 68.0 Å². The lowest BCUT2D eigenvalue weighted by Gasteiger charge is -2.36. The molecule has 0 aromatic rings. The van der Waals surface area contributed by atoms with Crippen LogP contribution in [0.15, 0.2) is 4.99 Å². The van der Waals surface area contributed by atoms with Gasteiger partial charge in [-0.15, -0.1) is 24.0 Å². The molecule has 2 rings (SSSR count). The summed E-state index contributed by atoms with van der Waals surface area (Å²) in [5, 5.41) is 16.2. The number of aliphatic imine (C=N–C) groups is 1. The average Bonchev–Trinajstić information content (AvgIpc) is 2.67. The Morgan fingerprint density at radius 3 is 2.37 bits per heavy atom. The minimum atomic E-state index is -4.10. The Labute approximate surface area is 196 Å². The summed E-state index contributed by atoms with van der Waals surface area (Å²) in [7, 11) is 0. The second-order valence-electron chi connectivity index (χ2n) is 8.78. The average molecular weight is 548 g/mol. The Morgan fingerprint density at radius 1 is 1.13 bits per heavy atom. The lowest BCUT2D eigenvalue weighted by atomic mass is 9.72. The number of guanidine groups is 1. The van der Waals surface area contributed by atoms with E-state index in [0.717, 1.165) is 64.1 Å². The third-order valence-corrected chi connectivity index (χ3v) is 6.43. The molecule has 1 saturated carbocycles. The van der Waals surface area contributed by atoms with Crippen LogP contribution < -0.4 is 10.6 Å². The van der Waals surface area contributed by atoms with Crippen LogP contribution in [0, 0.1) is 11.3 Å². The van der Waals surface area contributed by atoms with Crippen LogP contribution in [0.5, 0.6) is 0 Å². The van der Waals surface area contributed by atoms with Crippen molar-refractivity contribution in [3.63, 3.8) is 0 Å². The molecule has 1 aliphatic carbocycles. The van der Waals surface area contributed by atoms with Crippen molar-refractivity contribution in [2.45, 2.75) is 70.9 Å². The Morgan fingerprint density at radius 2 is 1.80 bits per heavy atom. The van der Waals surface area contributed by atoms with Crippen molar-refractivity contribution < 1.29 is 18.3 Å². The first kappa shape index (κ1) is 27.7. The van der Waals surface area contributed by atoms with Crippen molar-refractivity contribution in [1.29, 1.82) is 0 Å². The second-order valence-corrected chi connectivity index (χ2v) is 8.78. The zero-order valence-electron chi connectivity index (χ0n) is 18.3. The number of nitrogens with one attached hydrogen (secondary N) is 2. The molecule has 0 spiro atoms. The van der Waals surface area contributed by atoms with E-state index in [0.29, 0.717) is 19.0 Å². The summed E-state index contributed by atoms with van der Waals surface area (Å²) in [5.74, 6) is 1.28. The number of hydrogen-bond donors (Lipinski definition) is 3. The number of piperidine rings is 1. The van der Waals surface area contributed by atoms with Gasteiger partial charge in [0, 0.05) is 26.2 Å². The number of aliphatic hydroxyl groups excluding tert-OH is 1. The Balaban J connectivity index is 0.00000450. The largest absolute Gasteiger partial charge is 0.401 e. The third kappa shape index (κ3) is 10.3. The molecule has 3 N–H and O–H groups in total.